The van der Waals surface area contributed by atoms with Crippen molar-refractivity contribution in [1.29, 1.82) is 0 Å². The lowest BCUT2D eigenvalue weighted by atomic mass is 10.2. The fourth-order valence-electron chi connectivity index (χ4n) is 2.18. The van der Waals surface area contributed by atoms with Crippen LogP contribution in [0.2, 0.25) is 0 Å². The fourth-order valence-corrected chi connectivity index (χ4v) is 2.18. The molecule has 0 fully saturated rings. The van der Waals surface area contributed by atoms with Crippen molar-refractivity contribution >= 4 is 29.4 Å². The van der Waals surface area contributed by atoms with Gasteiger partial charge in [-0.1, -0.05) is 30.3 Å². The van der Waals surface area contributed by atoms with E-state index in [1.165, 1.54) is 11.4 Å². The third-order valence-electron chi connectivity index (χ3n) is 3.20. The van der Waals surface area contributed by atoms with Crippen molar-refractivity contribution in [2.45, 2.75) is 6.92 Å². The van der Waals surface area contributed by atoms with Gasteiger partial charge >= 0.3 is 0 Å². The van der Waals surface area contributed by atoms with Crippen LogP contribution in [0.4, 0.5) is 5.82 Å². The first-order valence-corrected chi connectivity index (χ1v) is 7.28. The number of carbonyl (C=O) groups excluding carboxylic acids is 2. The summed E-state index contributed by atoms with van der Waals surface area (Å²) in [6, 6.07) is 12.6. The highest BCUT2D eigenvalue weighted by atomic mass is 16.2. The molecule has 120 valence electrons. The van der Waals surface area contributed by atoms with E-state index in [9.17, 15) is 9.59 Å². The van der Waals surface area contributed by atoms with Crippen molar-refractivity contribution in [3.63, 3.8) is 0 Å². The normalized spacial score (nSPS) is 11.3. The molecule has 2 heterocycles. The summed E-state index contributed by atoms with van der Waals surface area (Å²) >= 11 is 0. The lowest BCUT2D eigenvalue weighted by Crippen LogP contribution is -2.29. The van der Waals surface area contributed by atoms with Crippen LogP contribution in [0.25, 0.3) is 11.7 Å². The second kappa shape index (κ2) is 6.74. The Kier molecular flexibility index (Phi) is 4.33. The van der Waals surface area contributed by atoms with Crippen LogP contribution in [-0.4, -0.2) is 26.4 Å². The maximum absolute atomic E-state index is 12.6. The average Bonchev–Trinajstić information content (AvgIpc) is 3.04. The molecule has 2 amide bonds. The number of carbonyl (C=O) groups is 2. The number of hydrogen-bond acceptors (Lipinski definition) is 4. The Morgan fingerprint density at radius 2 is 1.88 bits per heavy atom. The number of benzene rings is 1. The summed E-state index contributed by atoms with van der Waals surface area (Å²) in [6.07, 6.45) is 4.77. The highest BCUT2D eigenvalue weighted by Gasteiger charge is 2.13. The van der Waals surface area contributed by atoms with Crippen LogP contribution in [-0.2, 0) is 9.59 Å². The lowest BCUT2D eigenvalue weighted by Gasteiger charge is -2.10. The Labute approximate surface area is 138 Å². The van der Waals surface area contributed by atoms with Crippen molar-refractivity contribution < 1.29 is 9.59 Å². The molecule has 0 radical (unpaired) electrons. The fraction of sp³-hybridized carbons (Fsp3) is 0.0588. The van der Waals surface area contributed by atoms with E-state index >= 15 is 0 Å². The molecule has 0 aliphatic carbocycles. The molecule has 2 N–H and O–H groups in total. The first kappa shape index (κ1) is 15.4. The number of hydrogen-bond donors (Lipinski definition) is 2. The second-order valence-electron chi connectivity index (χ2n) is 5.04. The predicted molar refractivity (Wildman–Crippen MR) is 89.9 cm³/mol. The van der Waals surface area contributed by atoms with E-state index in [2.05, 4.69) is 20.7 Å². The first-order valence-electron chi connectivity index (χ1n) is 7.28. The van der Waals surface area contributed by atoms with Gasteiger partial charge < -0.3 is 10.6 Å². The minimum absolute atomic E-state index is 0.144. The van der Waals surface area contributed by atoms with Gasteiger partial charge in [0, 0.05) is 19.2 Å². The summed E-state index contributed by atoms with van der Waals surface area (Å²) < 4.78 is 1.51. The summed E-state index contributed by atoms with van der Waals surface area (Å²) in [6.45, 7) is 1.35. The standard InChI is InChI=1S/C17H15N5O2/c1-12(23)20-14(11-13-5-3-2-4-6-13)17(24)21-16-7-9-18-15-8-10-19-22(15)16/h2-11H,1H3,(H,20,23)(H,21,24). The number of nitrogens with one attached hydrogen (secondary N) is 2. The molecule has 7 heteroatoms. The minimum Gasteiger partial charge on any atom is -0.322 e. The Balaban J connectivity index is 1.90. The highest BCUT2D eigenvalue weighted by Crippen LogP contribution is 2.11. The molecule has 0 saturated heterocycles. The van der Waals surface area contributed by atoms with Crippen molar-refractivity contribution in [1.82, 2.24) is 19.9 Å². The zero-order chi connectivity index (χ0) is 16.9. The first-order chi connectivity index (χ1) is 11.6. The van der Waals surface area contributed by atoms with Crippen LogP contribution in [0, 0.1) is 0 Å². The topological polar surface area (TPSA) is 88.4 Å². The SMILES string of the molecule is CC(=O)NC(=Cc1ccccc1)C(=O)Nc1ccnc2ccnn12. The molecule has 7 nitrogen and oxygen atoms in total. The highest BCUT2D eigenvalue weighted by molar-refractivity contribution is 6.08. The minimum atomic E-state index is -0.447. The van der Waals surface area contributed by atoms with Gasteiger partial charge in [-0.15, -0.1) is 0 Å². The molecule has 0 saturated carbocycles. The summed E-state index contributed by atoms with van der Waals surface area (Å²) in [7, 11) is 0. The van der Waals surface area contributed by atoms with E-state index in [1.807, 2.05) is 30.3 Å². The molecule has 0 atom stereocenters. The van der Waals surface area contributed by atoms with Crippen molar-refractivity contribution in [3.8, 4) is 0 Å². The van der Waals surface area contributed by atoms with E-state index < -0.39 is 5.91 Å². The smallest absolute Gasteiger partial charge is 0.273 e. The molecule has 2 aromatic heterocycles. The van der Waals surface area contributed by atoms with Crippen LogP contribution in [0.15, 0.2) is 60.6 Å². The third kappa shape index (κ3) is 3.46. The van der Waals surface area contributed by atoms with Gasteiger partial charge in [-0.25, -0.2) is 4.98 Å². The summed E-state index contributed by atoms with van der Waals surface area (Å²) in [5.41, 5.74) is 1.56. The van der Waals surface area contributed by atoms with Gasteiger partial charge in [0.15, 0.2) is 5.65 Å². The van der Waals surface area contributed by atoms with Gasteiger partial charge in [0.2, 0.25) is 5.91 Å². The Morgan fingerprint density at radius 3 is 2.62 bits per heavy atom. The van der Waals surface area contributed by atoms with Gasteiger partial charge in [0.1, 0.15) is 11.5 Å². The van der Waals surface area contributed by atoms with Crippen molar-refractivity contribution in [2.24, 2.45) is 0 Å². The Bertz CT molecular complexity index is 915. The van der Waals surface area contributed by atoms with Crippen LogP contribution < -0.4 is 10.6 Å². The number of nitrogens with zero attached hydrogens (tertiary/aromatic N) is 3. The molecule has 0 unspecified atom stereocenters. The van der Waals surface area contributed by atoms with Gasteiger partial charge in [0.05, 0.1) is 6.20 Å². The average molecular weight is 321 g/mol. The largest absolute Gasteiger partial charge is 0.322 e. The molecule has 0 aliphatic rings. The molecular formula is C17H15N5O2. The van der Waals surface area contributed by atoms with Gasteiger partial charge in [-0.3, -0.25) is 9.59 Å². The second-order valence-corrected chi connectivity index (χ2v) is 5.04. The molecule has 24 heavy (non-hydrogen) atoms. The maximum Gasteiger partial charge on any atom is 0.273 e. The van der Waals surface area contributed by atoms with E-state index in [0.29, 0.717) is 11.5 Å². The van der Waals surface area contributed by atoms with E-state index in [1.54, 1.807) is 30.6 Å². The van der Waals surface area contributed by atoms with Crippen LogP contribution in [0.5, 0.6) is 0 Å². The molecule has 0 bridgehead atoms. The molecule has 0 aliphatic heterocycles. The van der Waals surface area contributed by atoms with Crippen LogP contribution >= 0.6 is 0 Å². The molecule has 3 aromatic rings. The maximum atomic E-state index is 12.6. The third-order valence-corrected chi connectivity index (χ3v) is 3.20. The van der Waals surface area contributed by atoms with Gasteiger partial charge in [-0.2, -0.15) is 9.61 Å². The van der Waals surface area contributed by atoms with E-state index in [0.717, 1.165) is 5.56 Å². The number of amides is 2. The van der Waals surface area contributed by atoms with Gasteiger partial charge in [0.25, 0.3) is 5.91 Å². The Morgan fingerprint density at radius 1 is 1.08 bits per heavy atom. The molecular weight excluding hydrogens is 306 g/mol. The van der Waals surface area contributed by atoms with Crippen molar-refractivity contribution in [3.05, 3.63) is 66.1 Å². The van der Waals surface area contributed by atoms with E-state index in [-0.39, 0.29) is 11.6 Å². The summed E-state index contributed by atoms with van der Waals surface area (Å²) in [5, 5.41) is 9.40. The zero-order valence-electron chi connectivity index (χ0n) is 12.9. The Hall–Kier alpha value is -3.48. The zero-order valence-corrected chi connectivity index (χ0v) is 12.9. The lowest BCUT2D eigenvalue weighted by molar-refractivity contribution is -0.120. The number of rotatable bonds is 4. The molecule has 1 aromatic carbocycles. The predicted octanol–water partition coefficient (Wildman–Crippen LogP) is 1.84. The number of anilines is 1. The van der Waals surface area contributed by atoms with Gasteiger partial charge in [-0.05, 0) is 17.7 Å². The van der Waals surface area contributed by atoms with Crippen LogP contribution in [0.3, 0.4) is 0 Å². The molecule has 3 rings (SSSR count). The van der Waals surface area contributed by atoms with E-state index in [4.69, 9.17) is 0 Å². The summed E-state index contributed by atoms with van der Waals surface area (Å²) in [5.74, 6) is -0.317. The molecule has 0 spiro atoms. The quantitative estimate of drug-likeness (QED) is 0.718. The monoisotopic (exact) mass is 321 g/mol. The van der Waals surface area contributed by atoms with Crippen molar-refractivity contribution in [2.75, 3.05) is 5.32 Å². The van der Waals surface area contributed by atoms with Crippen LogP contribution in [0.1, 0.15) is 12.5 Å². The number of fused-ring (bicyclic) bond motifs is 1. The number of aromatic nitrogens is 3. The summed E-state index contributed by atoms with van der Waals surface area (Å²) in [4.78, 5) is 28.1.